The van der Waals surface area contributed by atoms with Crippen LogP contribution in [0.4, 0.5) is 0 Å². The summed E-state index contributed by atoms with van der Waals surface area (Å²) in [6.45, 7) is 2.28. The quantitative estimate of drug-likeness (QED) is 0.218. The van der Waals surface area contributed by atoms with Crippen LogP contribution < -0.4 is 37.2 Å². The molecule has 0 amide bonds. The number of unbranched alkanes of at least 4 members (excludes halogenated alkanes) is 1. The van der Waals surface area contributed by atoms with Crippen molar-refractivity contribution < 1.29 is 58.9 Å². The second-order valence-corrected chi connectivity index (χ2v) is 7.08. The third-order valence-electron chi connectivity index (χ3n) is 5.58. The first-order chi connectivity index (χ1) is 12.9. The third kappa shape index (κ3) is 5.36. The molecule has 0 heterocycles. The number of fused-ring (bicyclic) bond motifs is 1. The van der Waals surface area contributed by atoms with Gasteiger partial charge in [0, 0.05) is 5.41 Å². The van der Waals surface area contributed by atoms with E-state index in [9.17, 15) is 0 Å². The number of hydrogen-bond donors (Lipinski definition) is 0. The SMILES string of the molecule is CCCCC(c1ccccc1)(c1ccccc1)[c-]1ccc2ccccc21.[Cl-].[Cl-].[Cl-].[Ti+4]. The average Bonchev–Trinajstić information content (AvgIpc) is 3.15. The average molecular weight is 492 g/mol. The van der Waals surface area contributed by atoms with Crippen molar-refractivity contribution in [1.82, 2.24) is 0 Å². The maximum Gasteiger partial charge on any atom is 4.00 e. The van der Waals surface area contributed by atoms with Crippen molar-refractivity contribution in [2.24, 2.45) is 0 Å². The predicted octanol–water partition coefficient (Wildman–Crippen LogP) is -1.91. The van der Waals surface area contributed by atoms with Crippen LogP contribution in [-0.4, -0.2) is 0 Å². The second kappa shape index (κ2) is 13.3. The molecular weight excluding hydrogens is 467 g/mol. The number of rotatable bonds is 6. The zero-order chi connectivity index (χ0) is 17.8. The Kier molecular flexibility index (Phi) is 12.8. The van der Waals surface area contributed by atoms with E-state index >= 15 is 0 Å². The molecule has 0 unspecified atom stereocenters. The Hall–Kier alpha value is -1.15. The summed E-state index contributed by atoms with van der Waals surface area (Å²) in [6, 6.07) is 35.5. The molecule has 4 aromatic carbocycles. The fourth-order valence-electron chi connectivity index (χ4n) is 4.31. The summed E-state index contributed by atoms with van der Waals surface area (Å²) in [5.41, 5.74) is 4.09. The van der Waals surface area contributed by atoms with Gasteiger partial charge in [-0.3, -0.25) is 0 Å². The van der Waals surface area contributed by atoms with Gasteiger partial charge in [0.1, 0.15) is 0 Å². The van der Waals surface area contributed by atoms with E-state index in [0.717, 1.165) is 6.42 Å². The first-order valence-electron chi connectivity index (χ1n) is 9.62. The topological polar surface area (TPSA) is 0 Å². The van der Waals surface area contributed by atoms with Gasteiger partial charge in [0.25, 0.3) is 0 Å². The molecule has 4 heteroatoms. The van der Waals surface area contributed by atoms with Gasteiger partial charge in [-0.15, -0.1) is 40.6 Å². The molecule has 0 aromatic heterocycles. The van der Waals surface area contributed by atoms with Gasteiger partial charge in [-0.05, 0) is 17.5 Å². The van der Waals surface area contributed by atoms with E-state index in [1.165, 1.54) is 40.3 Å². The molecule has 0 fully saturated rings. The van der Waals surface area contributed by atoms with Crippen molar-refractivity contribution in [1.29, 1.82) is 0 Å². The summed E-state index contributed by atoms with van der Waals surface area (Å²) in [4.78, 5) is 0. The molecule has 0 bridgehead atoms. The van der Waals surface area contributed by atoms with Crippen LogP contribution in [0, 0.1) is 0 Å². The summed E-state index contributed by atoms with van der Waals surface area (Å²) >= 11 is 0. The first-order valence-corrected chi connectivity index (χ1v) is 9.62. The van der Waals surface area contributed by atoms with E-state index in [0.29, 0.717) is 0 Å². The largest absolute Gasteiger partial charge is 4.00 e. The van der Waals surface area contributed by atoms with Crippen molar-refractivity contribution in [3.63, 3.8) is 0 Å². The van der Waals surface area contributed by atoms with Crippen LogP contribution in [0.5, 0.6) is 0 Å². The van der Waals surface area contributed by atoms with E-state index in [-0.39, 0.29) is 64.4 Å². The molecule has 0 aliphatic heterocycles. The molecule has 0 saturated carbocycles. The van der Waals surface area contributed by atoms with Crippen LogP contribution in [0.15, 0.2) is 97.1 Å². The third-order valence-corrected chi connectivity index (χ3v) is 5.58. The van der Waals surface area contributed by atoms with Crippen LogP contribution in [0.25, 0.3) is 10.8 Å². The van der Waals surface area contributed by atoms with Gasteiger partial charge >= 0.3 is 21.7 Å². The summed E-state index contributed by atoms with van der Waals surface area (Å²) < 4.78 is 0. The van der Waals surface area contributed by atoms with Crippen molar-refractivity contribution in [3.8, 4) is 0 Å². The summed E-state index contributed by atoms with van der Waals surface area (Å²) in [5.74, 6) is 0. The van der Waals surface area contributed by atoms with E-state index in [1.807, 2.05) is 0 Å². The molecule has 0 N–H and O–H groups in total. The van der Waals surface area contributed by atoms with E-state index < -0.39 is 0 Å². The molecule has 0 aliphatic carbocycles. The Morgan fingerprint density at radius 2 is 1.17 bits per heavy atom. The molecule has 4 rings (SSSR count). The van der Waals surface area contributed by atoms with Crippen molar-refractivity contribution in [3.05, 3.63) is 114 Å². The zero-order valence-electron chi connectivity index (χ0n) is 17.0. The van der Waals surface area contributed by atoms with Crippen molar-refractivity contribution in [2.75, 3.05) is 0 Å². The summed E-state index contributed by atoms with van der Waals surface area (Å²) in [7, 11) is 0. The van der Waals surface area contributed by atoms with Gasteiger partial charge in [0.15, 0.2) is 0 Å². The van der Waals surface area contributed by atoms with E-state index in [1.54, 1.807) is 0 Å². The Morgan fingerprint density at radius 1 is 0.667 bits per heavy atom. The molecule has 0 radical (unpaired) electrons. The number of benzene rings is 3. The molecule has 0 nitrogen and oxygen atoms in total. The maximum atomic E-state index is 2.35. The molecule has 0 saturated heterocycles. The fourth-order valence-corrected chi connectivity index (χ4v) is 4.31. The Bertz CT molecular complexity index is 941. The van der Waals surface area contributed by atoms with Gasteiger partial charge in [-0.1, -0.05) is 86.5 Å². The Labute approximate surface area is 214 Å². The molecular formula is C26H25Cl3Ti. The van der Waals surface area contributed by atoms with Crippen LogP contribution in [0.1, 0.15) is 42.9 Å². The van der Waals surface area contributed by atoms with Crippen LogP contribution in [0.3, 0.4) is 0 Å². The van der Waals surface area contributed by atoms with E-state index in [4.69, 9.17) is 0 Å². The Morgan fingerprint density at radius 3 is 1.70 bits per heavy atom. The Balaban J connectivity index is 0.00000210. The molecule has 4 aromatic rings. The van der Waals surface area contributed by atoms with Gasteiger partial charge in [0.2, 0.25) is 0 Å². The monoisotopic (exact) mass is 490 g/mol. The summed E-state index contributed by atoms with van der Waals surface area (Å²) in [5, 5.41) is 2.70. The second-order valence-electron chi connectivity index (χ2n) is 7.08. The molecule has 0 spiro atoms. The number of halogens is 3. The van der Waals surface area contributed by atoms with Crippen molar-refractivity contribution >= 4 is 10.8 Å². The predicted molar refractivity (Wildman–Crippen MR) is 112 cm³/mol. The smallest absolute Gasteiger partial charge is 1.00 e. The zero-order valence-corrected chi connectivity index (χ0v) is 20.8. The number of hydrogen-bond acceptors (Lipinski definition) is 0. The van der Waals surface area contributed by atoms with Gasteiger partial charge in [-0.25, -0.2) is 0 Å². The van der Waals surface area contributed by atoms with Crippen LogP contribution >= 0.6 is 0 Å². The standard InChI is InChI=1S/C26H25.3ClH.Ti/c1-2-3-20-26(22-13-6-4-7-14-22,23-15-8-5-9-16-23)25-19-18-21-12-10-11-17-24(21)25;;;;/h4-19H,2-3,20H2,1H3;3*1H;/q-1;;;;+4/p-3. The normalized spacial score (nSPS) is 10.2. The molecule has 0 aliphatic rings. The minimum atomic E-state index is -0.109. The van der Waals surface area contributed by atoms with Gasteiger partial charge in [-0.2, -0.15) is 6.07 Å². The van der Waals surface area contributed by atoms with Crippen LogP contribution in [0.2, 0.25) is 0 Å². The maximum absolute atomic E-state index is 2.35. The van der Waals surface area contributed by atoms with Crippen LogP contribution in [-0.2, 0) is 27.1 Å². The molecule has 154 valence electrons. The molecule has 0 atom stereocenters. The van der Waals surface area contributed by atoms with Gasteiger partial charge < -0.3 is 37.2 Å². The van der Waals surface area contributed by atoms with E-state index in [2.05, 4.69) is 104 Å². The fraction of sp³-hybridized carbons (Fsp3) is 0.192. The summed E-state index contributed by atoms with van der Waals surface area (Å²) in [6.07, 6.45) is 3.51. The van der Waals surface area contributed by atoms with Gasteiger partial charge in [0.05, 0.1) is 0 Å². The minimum Gasteiger partial charge on any atom is -1.00 e. The van der Waals surface area contributed by atoms with Crippen molar-refractivity contribution in [2.45, 2.75) is 31.6 Å². The first kappa shape index (κ1) is 28.9. The minimum absolute atomic E-state index is 0. The molecule has 30 heavy (non-hydrogen) atoms.